The van der Waals surface area contributed by atoms with Crippen molar-refractivity contribution in [2.24, 2.45) is 0 Å². The number of ether oxygens (including phenoxy) is 1. The van der Waals surface area contributed by atoms with Crippen LogP contribution < -0.4 is 0 Å². The monoisotopic (exact) mass is 393 g/mol. The fraction of sp³-hybridized carbons (Fsp3) is 0.400. The predicted octanol–water partition coefficient (Wildman–Crippen LogP) is 4.40. The van der Waals surface area contributed by atoms with E-state index in [9.17, 15) is 9.90 Å². The van der Waals surface area contributed by atoms with Gasteiger partial charge in [-0.15, -0.1) is 0 Å². The summed E-state index contributed by atoms with van der Waals surface area (Å²) in [5.41, 5.74) is 1.34. The lowest BCUT2D eigenvalue weighted by atomic mass is 9.84. The van der Waals surface area contributed by atoms with Crippen LogP contribution >= 0.6 is 0 Å². The highest BCUT2D eigenvalue weighted by molar-refractivity contribution is 5.75. The van der Waals surface area contributed by atoms with Crippen LogP contribution in [0.3, 0.4) is 0 Å². The highest BCUT2D eigenvalue weighted by Crippen LogP contribution is 2.33. The van der Waals surface area contributed by atoms with Gasteiger partial charge in [-0.3, -0.25) is 4.90 Å². The van der Waals surface area contributed by atoms with Crippen LogP contribution in [-0.4, -0.2) is 41.7 Å². The van der Waals surface area contributed by atoms with Crippen LogP contribution in [-0.2, 0) is 15.1 Å². The van der Waals surface area contributed by atoms with Crippen molar-refractivity contribution in [3.63, 3.8) is 0 Å². The van der Waals surface area contributed by atoms with Gasteiger partial charge in [0.15, 0.2) is 0 Å². The maximum absolute atomic E-state index is 11.5. The van der Waals surface area contributed by atoms with E-state index in [-0.39, 0.29) is 12.0 Å². The van der Waals surface area contributed by atoms with E-state index >= 15 is 0 Å². The van der Waals surface area contributed by atoms with Gasteiger partial charge in [-0.1, -0.05) is 72.8 Å². The Labute approximate surface area is 173 Å². The molecule has 4 nitrogen and oxygen atoms in total. The smallest absolute Gasteiger partial charge is 0.129 e. The van der Waals surface area contributed by atoms with E-state index in [2.05, 4.69) is 17.0 Å². The van der Waals surface area contributed by atoms with Gasteiger partial charge in [0.25, 0.3) is 0 Å². The molecule has 0 radical (unpaired) electrons. The average molecular weight is 394 g/mol. The van der Waals surface area contributed by atoms with Crippen molar-refractivity contribution in [2.45, 2.75) is 44.4 Å². The molecule has 0 saturated carbocycles. The molecule has 0 aromatic heterocycles. The van der Waals surface area contributed by atoms with Crippen molar-refractivity contribution in [3.05, 3.63) is 77.9 Å². The fourth-order valence-electron chi connectivity index (χ4n) is 3.83. The van der Waals surface area contributed by atoms with E-state index in [1.54, 1.807) is 6.92 Å². The zero-order chi connectivity index (χ0) is 20.5. The number of nitrogens with zero attached hydrogens (tertiary/aromatic N) is 1. The molecule has 3 rings (SSSR count). The van der Waals surface area contributed by atoms with Gasteiger partial charge in [-0.2, -0.15) is 0 Å². The molecule has 29 heavy (non-hydrogen) atoms. The molecule has 2 aromatic carbocycles. The van der Waals surface area contributed by atoms with Crippen LogP contribution in [0.15, 0.2) is 66.7 Å². The summed E-state index contributed by atoms with van der Waals surface area (Å²) in [6.07, 6.45) is 6.46. The normalized spacial score (nSPS) is 18.0. The minimum absolute atomic E-state index is 0.111. The number of carbonyl (C=O) groups excluding carboxylic acids is 1. The number of hydrogen-bond acceptors (Lipinski definition) is 4. The molecule has 0 bridgehead atoms. The summed E-state index contributed by atoms with van der Waals surface area (Å²) < 4.78 is 6.13. The molecule has 2 aromatic rings. The Bertz CT molecular complexity index is 780. The van der Waals surface area contributed by atoms with Crippen LogP contribution in [0, 0.1) is 0 Å². The Balaban J connectivity index is 1.57. The molecule has 1 aliphatic rings. The maximum Gasteiger partial charge on any atom is 0.129 e. The number of rotatable bonds is 9. The second kappa shape index (κ2) is 10.5. The molecule has 1 N–H and O–H groups in total. The number of carbonyl (C=O) groups is 1. The molecule has 1 saturated heterocycles. The number of Topliss-reactive ketones (excluding diaryl/α,β-unsaturated/α-hetero) is 1. The highest BCUT2D eigenvalue weighted by atomic mass is 16.5. The number of ketones is 1. The van der Waals surface area contributed by atoms with Crippen LogP contribution in [0.4, 0.5) is 0 Å². The molecular formula is C25H31NO3. The third-order valence-electron chi connectivity index (χ3n) is 5.58. The van der Waals surface area contributed by atoms with Crippen LogP contribution in [0.1, 0.15) is 43.7 Å². The Morgan fingerprint density at radius 2 is 1.72 bits per heavy atom. The molecule has 0 aliphatic carbocycles. The molecule has 1 unspecified atom stereocenters. The van der Waals surface area contributed by atoms with Crippen LogP contribution in [0.2, 0.25) is 0 Å². The standard InChI is InChI=1S/C25H31NO3/c1-21(27)14-15-24(29-20-8-11-22-9-4-2-5-10-22)26-18-16-25(28,17-19-26)23-12-6-3-7-13-23/h2-13,24,28H,14-20H2,1H3. The van der Waals surface area contributed by atoms with Crippen molar-refractivity contribution in [2.75, 3.05) is 19.7 Å². The molecule has 1 atom stereocenters. The highest BCUT2D eigenvalue weighted by Gasteiger charge is 2.36. The van der Waals surface area contributed by atoms with Gasteiger partial charge in [0.1, 0.15) is 12.0 Å². The first-order valence-corrected chi connectivity index (χ1v) is 10.4. The lowest BCUT2D eigenvalue weighted by Gasteiger charge is -2.41. The van der Waals surface area contributed by atoms with Crippen molar-refractivity contribution in [1.82, 2.24) is 4.90 Å². The van der Waals surface area contributed by atoms with Crippen molar-refractivity contribution < 1.29 is 14.6 Å². The average Bonchev–Trinajstić information content (AvgIpc) is 2.75. The SMILES string of the molecule is CC(=O)CCC(OCC=Cc1ccccc1)N1CCC(O)(c2ccccc2)CC1. The molecular weight excluding hydrogens is 362 g/mol. The van der Waals surface area contributed by atoms with Crippen molar-refractivity contribution in [1.29, 1.82) is 0 Å². The van der Waals surface area contributed by atoms with Gasteiger partial charge in [-0.25, -0.2) is 0 Å². The van der Waals surface area contributed by atoms with Gasteiger partial charge < -0.3 is 14.6 Å². The molecule has 4 heteroatoms. The van der Waals surface area contributed by atoms with E-state index < -0.39 is 5.60 Å². The number of aliphatic hydroxyl groups is 1. The maximum atomic E-state index is 11.5. The molecule has 0 amide bonds. The predicted molar refractivity (Wildman–Crippen MR) is 116 cm³/mol. The fourth-order valence-corrected chi connectivity index (χ4v) is 3.83. The number of benzene rings is 2. The third-order valence-corrected chi connectivity index (χ3v) is 5.58. The van der Waals surface area contributed by atoms with Crippen LogP contribution in [0.5, 0.6) is 0 Å². The Morgan fingerprint density at radius 3 is 2.34 bits per heavy atom. The number of likely N-dealkylation sites (tertiary alicyclic amines) is 1. The topological polar surface area (TPSA) is 49.8 Å². The van der Waals surface area contributed by atoms with E-state index in [1.807, 2.05) is 60.7 Å². The summed E-state index contributed by atoms with van der Waals surface area (Å²) >= 11 is 0. The lowest BCUT2D eigenvalue weighted by molar-refractivity contribution is -0.122. The Morgan fingerprint density at radius 1 is 1.10 bits per heavy atom. The molecule has 0 spiro atoms. The van der Waals surface area contributed by atoms with E-state index in [0.717, 1.165) is 24.2 Å². The first-order chi connectivity index (χ1) is 14.1. The summed E-state index contributed by atoms with van der Waals surface area (Å²) in [5.74, 6) is 0.177. The lowest BCUT2D eigenvalue weighted by Crippen LogP contribution is -2.48. The molecule has 1 fully saturated rings. The second-order valence-corrected chi connectivity index (χ2v) is 7.78. The minimum Gasteiger partial charge on any atom is -0.385 e. The van der Waals surface area contributed by atoms with E-state index in [0.29, 0.717) is 32.3 Å². The number of hydrogen-bond donors (Lipinski definition) is 1. The zero-order valence-corrected chi connectivity index (χ0v) is 17.2. The summed E-state index contributed by atoms with van der Waals surface area (Å²) in [6, 6.07) is 20.0. The van der Waals surface area contributed by atoms with Gasteiger partial charge >= 0.3 is 0 Å². The van der Waals surface area contributed by atoms with Crippen molar-refractivity contribution >= 4 is 11.9 Å². The number of piperidine rings is 1. The Hall–Kier alpha value is -2.27. The van der Waals surface area contributed by atoms with Gasteiger partial charge in [0.2, 0.25) is 0 Å². The molecule has 154 valence electrons. The third kappa shape index (κ3) is 6.36. The summed E-state index contributed by atoms with van der Waals surface area (Å²) in [4.78, 5) is 13.8. The first-order valence-electron chi connectivity index (χ1n) is 10.4. The Kier molecular flexibility index (Phi) is 7.76. The van der Waals surface area contributed by atoms with Gasteiger partial charge in [0.05, 0.1) is 12.2 Å². The zero-order valence-electron chi connectivity index (χ0n) is 17.2. The molecule has 1 aliphatic heterocycles. The quantitative estimate of drug-likeness (QED) is 0.686. The summed E-state index contributed by atoms with van der Waals surface area (Å²) in [6.45, 7) is 3.61. The van der Waals surface area contributed by atoms with E-state index in [4.69, 9.17) is 4.74 Å². The minimum atomic E-state index is -0.782. The summed E-state index contributed by atoms with van der Waals surface area (Å²) in [7, 11) is 0. The summed E-state index contributed by atoms with van der Waals surface area (Å²) in [5, 5.41) is 11.1. The van der Waals surface area contributed by atoms with Crippen LogP contribution in [0.25, 0.3) is 6.08 Å². The van der Waals surface area contributed by atoms with E-state index in [1.165, 1.54) is 0 Å². The molecule has 1 heterocycles. The largest absolute Gasteiger partial charge is 0.385 e. The van der Waals surface area contributed by atoms with Crippen molar-refractivity contribution in [3.8, 4) is 0 Å². The van der Waals surface area contributed by atoms with Gasteiger partial charge in [0, 0.05) is 19.5 Å². The first kappa shape index (κ1) is 21.4. The second-order valence-electron chi connectivity index (χ2n) is 7.78. The van der Waals surface area contributed by atoms with Gasteiger partial charge in [-0.05, 0) is 37.3 Å².